The maximum absolute atomic E-state index is 12.7. The highest BCUT2D eigenvalue weighted by atomic mass is 19.4. The summed E-state index contributed by atoms with van der Waals surface area (Å²) >= 11 is 0. The molecule has 1 aliphatic rings. The summed E-state index contributed by atoms with van der Waals surface area (Å²) in [6.07, 6.45) is -1.08. The van der Waals surface area contributed by atoms with Crippen LogP contribution in [0.3, 0.4) is 0 Å². The first-order valence-electron chi connectivity index (χ1n) is 5.76. The maximum Gasteiger partial charge on any atom is 0.405 e. The number of halogens is 3. The van der Waals surface area contributed by atoms with Crippen molar-refractivity contribution >= 4 is 0 Å². The minimum absolute atomic E-state index is 0.0841. The van der Waals surface area contributed by atoms with Crippen LogP contribution in [-0.4, -0.2) is 16.1 Å². The molecule has 5 heteroatoms. The molecule has 1 saturated carbocycles. The van der Waals surface area contributed by atoms with E-state index in [-0.39, 0.29) is 18.8 Å². The minimum atomic E-state index is -4.25. The lowest BCUT2D eigenvalue weighted by molar-refractivity contribution is -0.168. The summed E-state index contributed by atoms with van der Waals surface area (Å²) in [7, 11) is 0. The van der Waals surface area contributed by atoms with Gasteiger partial charge in [0.25, 0.3) is 0 Å². The van der Waals surface area contributed by atoms with Crippen molar-refractivity contribution in [3.63, 3.8) is 0 Å². The van der Waals surface area contributed by atoms with Gasteiger partial charge in [-0.05, 0) is 24.7 Å². The molecule has 1 aromatic heterocycles. The molecule has 0 bridgehead atoms. The zero-order valence-electron chi connectivity index (χ0n) is 10.2. The maximum atomic E-state index is 12.7. The first-order chi connectivity index (χ1) is 8.34. The first-order valence-corrected chi connectivity index (χ1v) is 5.76. The van der Waals surface area contributed by atoms with E-state index in [9.17, 15) is 13.2 Å². The molecule has 2 nitrogen and oxygen atoms in total. The number of hydrogen-bond donors (Lipinski definition) is 0. The lowest BCUT2D eigenvalue weighted by atomic mass is 10.1. The third-order valence-corrected chi connectivity index (χ3v) is 2.97. The molecule has 1 aliphatic carbocycles. The smallest absolute Gasteiger partial charge is 0.260 e. The van der Waals surface area contributed by atoms with Gasteiger partial charge in [-0.15, -0.1) is 0 Å². The quantitative estimate of drug-likeness (QED) is 0.719. The topological polar surface area (TPSA) is 25.8 Å². The van der Waals surface area contributed by atoms with Crippen LogP contribution in [0.4, 0.5) is 13.2 Å². The average Bonchev–Trinajstić information content (AvgIpc) is 3.07. The second-order valence-electron chi connectivity index (χ2n) is 4.81. The summed E-state index contributed by atoms with van der Waals surface area (Å²) < 4.78 is 38.0. The van der Waals surface area contributed by atoms with Crippen LogP contribution in [0.15, 0.2) is 12.4 Å². The van der Waals surface area contributed by atoms with E-state index in [2.05, 4.69) is 21.8 Å². The molecule has 0 aromatic carbocycles. The van der Waals surface area contributed by atoms with Gasteiger partial charge in [0.2, 0.25) is 0 Å². The van der Waals surface area contributed by atoms with Gasteiger partial charge >= 0.3 is 6.18 Å². The van der Waals surface area contributed by atoms with E-state index in [1.165, 1.54) is 6.20 Å². The van der Waals surface area contributed by atoms with Crippen molar-refractivity contribution in [3.05, 3.63) is 23.8 Å². The van der Waals surface area contributed by atoms with Crippen molar-refractivity contribution in [2.24, 2.45) is 5.41 Å². The van der Waals surface area contributed by atoms with Crippen molar-refractivity contribution in [1.82, 2.24) is 9.97 Å². The molecule has 0 amide bonds. The Bertz CT molecular complexity index is 505. The van der Waals surface area contributed by atoms with Gasteiger partial charge < -0.3 is 0 Å². The van der Waals surface area contributed by atoms with E-state index in [0.717, 1.165) is 5.69 Å². The third kappa shape index (κ3) is 2.47. The lowest BCUT2D eigenvalue weighted by Crippen LogP contribution is -2.22. The van der Waals surface area contributed by atoms with Crippen LogP contribution >= 0.6 is 0 Å². The minimum Gasteiger partial charge on any atom is -0.260 e. The fourth-order valence-electron chi connectivity index (χ4n) is 1.51. The molecule has 0 saturated heterocycles. The number of rotatable bonds is 1. The first kappa shape index (κ1) is 12.9. The molecular formula is C13H13F3N2. The summed E-state index contributed by atoms with van der Waals surface area (Å²) in [5, 5.41) is 0. The van der Waals surface area contributed by atoms with Gasteiger partial charge in [0, 0.05) is 6.20 Å². The number of hydrogen-bond acceptors (Lipinski definition) is 2. The number of aromatic nitrogens is 2. The highest BCUT2D eigenvalue weighted by Crippen LogP contribution is 2.57. The van der Waals surface area contributed by atoms with E-state index in [1.807, 2.05) is 13.8 Å². The predicted molar refractivity (Wildman–Crippen MR) is 60.7 cm³/mol. The summed E-state index contributed by atoms with van der Waals surface area (Å²) in [6, 6.07) is 0. The van der Waals surface area contributed by atoms with Gasteiger partial charge in [0.05, 0.1) is 11.9 Å². The molecule has 96 valence electrons. The molecule has 1 heterocycles. The Morgan fingerprint density at radius 1 is 1.28 bits per heavy atom. The van der Waals surface area contributed by atoms with Crippen molar-refractivity contribution in [2.45, 2.75) is 38.8 Å². The molecule has 0 N–H and O–H groups in total. The summed E-state index contributed by atoms with van der Waals surface area (Å²) in [4.78, 5) is 8.12. The van der Waals surface area contributed by atoms with Gasteiger partial charge in [-0.3, -0.25) is 4.98 Å². The monoisotopic (exact) mass is 254 g/mol. The third-order valence-electron chi connectivity index (χ3n) is 2.97. The van der Waals surface area contributed by atoms with Crippen LogP contribution in [0, 0.1) is 17.3 Å². The summed E-state index contributed by atoms with van der Waals surface area (Å²) in [6.45, 7) is 3.89. The van der Waals surface area contributed by atoms with Crippen LogP contribution in [0.2, 0.25) is 0 Å². The Balaban J connectivity index is 2.23. The lowest BCUT2D eigenvalue weighted by Gasteiger charge is -2.11. The van der Waals surface area contributed by atoms with Gasteiger partial charge in [-0.25, -0.2) is 4.98 Å². The molecule has 0 aliphatic heterocycles. The molecule has 18 heavy (non-hydrogen) atoms. The molecule has 1 fully saturated rings. The van der Waals surface area contributed by atoms with E-state index < -0.39 is 11.6 Å². The Morgan fingerprint density at radius 3 is 2.44 bits per heavy atom. The van der Waals surface area contributed by atoms with Crippen LogP contribution in [0.1, 0.15) is 44.0 Å². The molecule has 0 radical (unpaired) electrons. The fourth-order valence-corrected chi connectivity index (χ4v) is 1.51. The van der Waals surface area contributed by atoms with Gasteiger partial charge in [0.1, 0.15) is 11.1 Å². The number of nitrogens with zero attached hydrogens (tertiary/aromatic N) is 2. The zero-order valence-corrected chi connectivity index (χ0v) is 10.2. The standard InChI is InChI=1S/C13H13F3N2/c1-9(2)11-8-17-7-10(18-11)3-4-12(5-6-12)13(14,15)16/h7-9H,5-6H2,1-2H3. The molecule has 0 spiro atoms. The second kappa shape index (κ2) is 4.27. The van der Waals surface area contributed by atoms with Crippen LogP contribution in [0.5, 0.6) is 0 Å². The summed E-state index contributed by atoms with van der Waals surface area (Å²) in [5.74, 6) is 5.00. The second-order valence-corrected chi connectivity index (χ2v) is 4.81. The highest BCUT2D eigenvalue weighted by Gasteiger charge is 2.62. The predicted octanol–water partition coefficient (Wildman–Crippen LogP) is 3.29. The Labute approximate surface area is 104 Å². The molecular weight excluding hydrogens is 241 g/mol. The molecule has 0 atom stereocenters. The Morgan fingerprint density at radius 2 is 1.94 bits per heavy atom. The van der Waals surface area contributed by atoms with Crippen molar-refractivity contribution in [1.29, 1.82) is 0 Å². The van der Waals surface area contributed by atoms with Gasteiger partial charge in [0.15, 0.2) is 0 Å². The van der Waals surface area contributed by atoms with Crippen molar-refractivity contribution < 1.29 is 13.2 Å². The van der Waals surface area contributed by atoms with Crippen LogP contribution in [0.25, 0.3) is 0 Å². The zero-order chi connectivity index (χ0) is 13.4. The molecule has 2 rings (SSSR count). The van der Waals surface area contributed by atoms with Gasteiger partial charge in [-0.2, -0.15) is 13.2 Å². The normalized spacial score (nSPS) is 17.2. The van der Waals surface area contributed by atoms with Crippen LogP contribution < -0.4 is 0 Å². The summed E-state index contributed by atoms with van der Waals surface area (Å²) in [5.41, 5.74) is -0.766. The largest absolute Gasteiger partial charge is 0.405 e. The van der Waals surface area contributed by atoms with E-state index in [4.69, 9.17) is 0 Å². The Hall–Kier alpha value is -1.57. The van der Waals surface area contributed by atoms with E-state index in [1.54, 1.807) is 6.20 Å². The van der Waals surface area contributed by atoms with E-state index in [0.29, 0.717) is 5.69 Å². The van der Waals surface area contributed by atoms with Gasteiger partial charge in [-0.1, -0.05) is 19.8 Å². The molecule has 0 unspecified atom stereocenters. The SMILES string of the molecule is CC(C)c1cncc(C#CC2(C(F)(F)F)CC2)n1. The van der Waals surface area contributed by atoms with Crippen molar-refractivity contribution in [2.75, 3.05) is 0 Å². The van der Waals surface area contributed by atoms with Crippen molar-refractivity contribution in [3.8, 4) is 11.8 Å². The van der Waals surface area contributed by atoms with E-state index >= 15 is 0 Å². The Kier molecular flexibility index (Phi) is 3.05. The average molecular weight is 254 g/mol. The fraction of sp³-hybridized carbons (Fsp3) is 0.538. The van der Waals surface area contributed by atoms with Crippen LogP contribution in [-0.2, 0) is 0 Å². The number of alkyl halides is 3. The highest BCUT2D eigenvalue weighted by molar-refractivity contribution is 5.33. The molecule has 1 aromatic rings.